The number of carbonyl (C=O) groups is 1. The van der Waals surface area contributed by atoms with E-state index in [-0.39, 0.29) is 12.5 Å². The van der Waals surface area contributed by atoms with E-state index < -0.39 is 31.0 Å². The van der Waals surface area contributed by atoms with E-state index in [2.05, 4.69) is 24.4 Å². The molecule has 0 saturated heterocycles. The molecule has 0 aliphatic carbocycles. The average Bonchev–Trinajstić information content (AvgIpc) is 2.78. The second-order valence-electron chi connectivity index (χ2n) is 8.44. The van der Waals surface area contributed by atoms with Crippen LogP contribution in [0.1, 0.15) is 96.8 Å². The molecule has 0 aliphatic heterocycles. The molecular weight excluding hydrogens is 398 g/mol. The molecule has 31 heavy (non-hydrogen) atoms. The average molecular weight is 446 g/mol. The number of carbonyl (C=O) groups excluding carboxylic acids is 1. The van der Waals surface area contributed by atoms with Gasteiger partial charge in [-0.15, -0.1) is 0 Å². The van der Waals surface area contributed by atoms with Gasteiger partial charge in [0.25, 0.3) is 0 Å². The zero-order valence-corrected chi connectivity index (χ0v) is 19.4. The van der Waals surface area contributed by atoms with Gasteiger partial charge >= 0.3 is 0 Å². The first-order valence-corrected chi connectivity index (χ1v) is 12.2. The molecular formula is C24H47NO6. The summed E-state index contributed by atoms with van der Waals surface area (Å²) < 4.78 is 0. The van der Waals surface area contributed by atoms with Gasteiger partial charge < -0.3 is 30.8 Å². The third kappa shape index (κ3) is 17.3. The number of aliphatic hydroxyl groups is 5. The standard InChI is InChI=1S/C24H47NO6/c1-2-3-4-5-6-7-8-9-10-11-12-13-14-15-16-17-22(29)25-18-20(27)23(30)24(31)21(28)19-26/h9-10,20-21,23-24,26-28,30-31H,2-8,11-19H2,1H3,(H,25,29)/b10-9-. The number of allylic oxidation sites excluding steroid dienone is 2. The van der Waals surface area contributed by atoms with Gasteiger partial charge in [-0.05, 0) is 32.1 Å². The summed E-state index contributed by atoms with van der Waals surface area (Å²) in [5.74, 6) is -0.221. The first-order chi connectivity index (χ1) is 14.9. The lowest BCUT2D eigenvalue weighted by Crippen LogP contribution is -2.49. The monoisotopic (exact) mass is 445 g/mol. The molecule has 0 aromatic carbocycles. The molecule has 0 spiro atoms. The largest absolute Gasteiger partial charge is 0.394 e. The predicted octanol–water partition coefficient (Wildman–Crippen LogP) is 2.58. The normalized spacial score (nSPS) is 15.7. The highest BCUT2D eigenvalue weighted by molar-refractivity contribution is 5.75. The van der Waals surface area contributed by atoms with E-state index in [1.54, 1.807) is 0 Å². The molecule has 0 aliphatic rings. The molecule has 1 amide bonds. The smallest absolute Gasteiger partial charge is 0.220 e. The molecule has 0 heterocycles. The first-order valence-electron chi connectivity index (χ1n) is 12.2. The fourth-order valence-electron chi connectivity index (χ4n) is 3.35. The SMILES string of the molecule is CCCCCCCC/C=C\CCCCCCCC(=O)NCC(O)C(O)C(O)C(O)CO. The van der Waals surface area contributed by atoms with Crippen LogP contribution in [0.3, 0.4) is 0 Å². The summed E-state index contributed by atoms with van der Waals surface area (Å²) in [6.07, 6.45) is 14.1. The Bertz CT molecular complexity index is 446. The van der Waals surface area contributed by atoms with Gasteiger partial charge in [0.2, 0.25) is 5.91 Å². The molecule has 7 heteroatoms. The Hall–Kier alpha value is -0.990. The molecule has 0 saturated carbocycles. The molecule has 0 aromatic rings. The third-order valence-corrected chi connectivity index (χ3v) is 5.50. The van der Waals surface area contributed by atoms with Crippen molar-refractivity contribution in [1.29, 1.82) is 0 Å². The second kappa shape index (κ2) is 20.9. The van der Waals surface area contributed by atoms with Crippen molar-refractivity contribution in [2.24, 2.45) is 0 Å². The van der Waals surface area contributed by atoms with Crippen LogP contribution in [0, 0.1) is 0 Å². The Labute approximate surface area is 188 Å². The summed E-state index contributed by atoms with van der Waals surface area (Å²) in [6.45, 7) is 1.29. The molecule has 4 atom stereocenters. The molecule has 7 nitrogen and oxygen atoms in total. The van der Waals surface area contributed by atoms with E-state index in [1.807, 2.05) is 0 Å². The van der Waals surface area contributed by atoms with E-state index in [0.29, 0.717) is 6.42 Å². The van der Waals surface area contributed by atoms with Crippen molar-refractivity contribution >= 4 is 5.91 Å². The van der Waals surface area contributed by atoms with Crippen LogP contribution in [0.15, 0.2) is 12.2 Å². The number of rotatable bonds is 21. The predicted molar refractivity (Wildman–Crippen MR) is 124 cm³/mol. The van der Waals surface area contributed by atoms with Gasteiger partial charge in [-0.3, -0.25) is 4.79 Å². The lowest BCUT2D eigenvalue weighted by Gasteiger charge is -2.25. The van der Waals surface area contributed by atoms with Crippen LogP contribution in [-0.2, 0) is 4.79 Å². The molecule has 6 N–H and O–H groups in total. The fourth-order valence-corrected chi connectivity index (χ4v) is 3.35. The quantitative estimate of drug-likeness (QED) is 0.119. The minimum atomic E-state index is -1.68. The summed E-state index contributed by atoms with van der Waals surface area (Å²) in [6, 6.07) is 0. The van der Waals surface area contributed by atoms with Crippen LogP contribution in [0.5, 0.6) is 0 Å². The Balaban J connectivity index is 3.55. The van der Waals surface area contributed by atoms with E-state index in [9.17, 15) is 25.2 Å². The summed E-state index contributed by atoms with van der Waals surface area (Å²) >= 11 is 0. The zero-order chi connectivity index (χ0) is 23.3. The van der Waals surface area contributed by atoms with Gasteiger partial charge in [0.05, 0.1) is 12.7 Å². The number of aliphatic hydroxyl groups excluding tert-OH is 5. The second-order valence-corrected chi connectivity index (χ2v) is 8.44. The fraction of sp³-hybridized carbons (Fsp3) is 0.875. The highest BCUT2D eigenvalue weighted by atomic mass is 16.4. The highest BCUT2D eigenvalue weighted by Crippen LogP contribution is 2.10. The van der Waals surface area contributed by atoms with Gasteiger partial charge in [0.1, 0.15) is 18.3 Å². The first kappa shape index (κ1) is 30.0. The van der Waals surface area contributed by atoms with Crippen LogP contribution in [0.2, 0.25) is 0 Å². The number of hydrogen-bond acceptors (Lipinski definition) is 6. The number of unbranched alkanes of at least 4 members (excludes halogenated alkanes) is 11. The minimum absolute atomic E-state index is 0.221. The van der Waals surface area contributed by atoms with Crippen molar-refractivity contribution in [1.82, 2.24) is 5.32 Å². The van der Waals surface area contributed by atoms with Crippen molar-refractivity contribution < 1.29 is 30.3 Å². The summed E-state index contributed by atoms with van der Waals surface area (Å²) in [4.78, 5) is 11.8. The summed E-state index contributed by atoms with van der Waals surface area (Å²) in [7, 11) is 0. The zero-order valence-electron chi connectivity index (χ0n) is 19.4. The van der Waals surface area contributed by atoms with Gasteiger partial charge in [-0.1, -0.05) is 70.4 Å². The van der Waals surface area contributed by atoms with Crippen molar-refractivity contribution in [2.75, 3.05) is 13.2 Å². The maximum Gasteiger partial charge on any atom is 0.220 e. The Morgan fingerprint density at radius 3 is 1.77 bits per heavy atom. The Kier molecular flexibility index (Phi) is 20.2. The molecule has 0 bridgehead atoms. The van der Waals surface area contributed by atoms with Gasteiger partial charge in [-0.25, -0.2) is 0 Å². The van der Waals surface area contributed by atoms with Crippen LogP contribution >= 0.6 is 0 Å². The van der Waals surface area contributed by atoms with E-state index >= 15 is 0 Å². The molecule has 4 unspecified atom stereocenters. The van der Waals surface area contributed by atoms with Crippen molar-refractivity contribution in [3.05, 3.63) is 12.2 Å². The van der Waals surface area contributed by atoms with Gasteiger partial charge in [-0.2, -0.15) is 0 Å². The molecule has 0 aromatic heterocycles. The lowest BCUT2D eigenvalue weighted by atomic mass is 10.0. The maximum atomic E-state index is 11.8. The van der Waals surface area contributed by atoms with Gasteiger partial charge in [0, 0.05) is 13.0 Å². The van der Waals surface area contributed by atoms with Crippen molar-refractivity contribution in [2.45, 2.75) is 121 Å². The van der Waals surface area contributed by atoms with Crippen LogP contribution in [0.4, 0.5) is 0 Å². The number of hydrogen-bond donors (Lipinski definition) is 6. The molecule has 0 rings (SSSR count). The van der Waals surface area contributed by atoms with E-state index in [4.69, 9.17) is 5.11 Å². The van der Waals surface area contributed by atoms with Crippen molar-refractivity contribution in [3.8, 4) is 0 Å². The molecule has 0 radical (unpaired) electrons. The number of amides is 1. The third-order valence-electron chi connectivity index (χ3n) is 5.50. The van der Waals surface area contributed by atoms with Gasteiger partial charge in [0.15, 0.2) is 0 Å². The minimum Gasteiger partial charge on any atom is -0.394 e. The number of nitrogens with one attached hydrogen (secondary N) is 1. The van der Waals surface area contributed by atoms with Crippen LogP contribution < -0.4 is 5.32 Å². The molecule has 0 fully saturated rings. The Morgan fingerprint density at radius 1 is 0.742 bits per heavy atom. The van der Waals surface area contributed by atoms with Crippen molar-refractivity contribution in [3.63, 3.8) is 0 Å². The highest BCUT2D eigenvalue weighted by Gasteiger charge is 2.30. The van der Waals surface area contributed by atoms with E-state index in [1.165, 1.54) is 51.4 Å². The van der Waals surface area contributed by atoms with Crippen LogP contribution in [0.25, 0.3) is 0 Å². The maximum absolute atomic E-state index is 11.8. The summed E-state index contributed by atoms with van der Waals surface area (Å²) in [5.41, 5.74) is 0. The topological polar surface area (TPSA) is 130 Å². The van der Waals surface area contributed by atoms with E-state index in [0.717, 1.165) is 32.1 Å². The Morgan fingerprint density at radius 2 is 1.23 bits per heavy atom. The molecule has 184 valence electrons. The lowest BCUT2D eigenvalue weighted by molar-refractivity contribution is -0.126. The summed E-state index contributed by atoms with van der Waals surface area (Å²) in [5, 5.41) is 49.5. The van der Waals surface area contributed by atoms with Crippen LogP contribution in [-0.4, -0.2) is 69.0 Å².